The number of benzene rings is 2. The Morgan fingerprint density at radius 1 is 1.00 bits per heavy atom. The lowest BCUT2D eigenvalue weighted by Gasteiger charge is -2.11. The lowest BCUT2D eigenvalue weighted by Crippen LogP contribution is -2.17. The van der Waals surface area contributed by atoms with Crippen LogP contribution in [0.15, 0.2) is 60.7 Å². The van der Waals surface area contributed by atoms with Gasteiger partial charge in [-0.2, -0.15) is 0 Å². The Labute approximate surface area is 128 Å². The van der Waals surface area contributed by atoms with Crippen molar-refractivity contribution in [2.75, 3.05) is 13.7 Å². The summed E-state index contributed by atoms with van der Waals surface area (Å²) in [4.78, 5) is 21.4. The number of aromatic carboxylic acids is 1. The van der Waals surface area contributed by atoms with Gasteiger partial charge in [-0.15, -0.1) is 0 Å². The van der Waals surface area contributed by atoms with Crippen LogP contribution in [0.4, 0.5) is 0 Å². The number of carbonyl (C=O) groups is 2. The topological polar surface area (TPSA) is 83.8 Å². The van der Waals surface area contributed by atoms with Gasteiger partial charge in [0.2, 0.25) is 0 Å². The second-order valence-electron chi connectivity index (χ2n) is 4.34. The molecule has 0 spiro atoms. The molecule has 0 aliphatic carbocycles. The quantitative estimate of drug-likeness (QED) is 0.847. The number of esters is 1. The van der Waals surface area contributed by atoms with Crippen molar-refractivity contribution in [2.24, 2.45) is 0 Å². The molecule has 0 fully saturated rings. The molecule has 5 heteroatoms. The highest BCUT2D eigenvalue weighted by molar-refractivity contribution is 5.87. The van der Waals surface area contributed by atoms with E-state index in [-0.39, 0.29) is 6.61 Å². The fourth-order valence-electron chi connectivity index (χ4n) is 1.72. The van der Waals surface area contributed by atoms with Gasteiger partial charge in [-0.3, -0.25) is 4.79 Å². The van der Waals surface area contributed by atoms with Crippen LogP contribution < -0.4 is 0 Å². The number of aliphatic hydroxyl groups excluding tert-OH is 1. The molecular weight excluding hydrogens is 284 g/mol. The first kappa shape index (κ1) is 17.4. The zero-order valence-corrected chi connectivity index (χ0v) is 12.2. The molecule has 0 aromatic heterocycles. The molecule has 22 heavy (non-hydrogen) atoms. The molecule has 1 unspecified atom stereocenters. The standard InChI is InChI=1S/C10H12O3.C7H6O2/c1-13-10(12)9(7-11)8-5-3-2-4-6-8;8-7(9)6-4-2-1-3-5-6/h2-6,9,11H,7H2,1H3;1-5H,(H,8,9). The van der Waals surface area contributed by atoms with Crippen molar-refractivity contribution in [3.8, 4) is 0 Å². The number of hydrogen-bond donors (Lipinski definition) is 2. The minimum Gasteiger partial charge on any atom is -0.478 e. The molecule has 0 aliphatic heterocycles. The number of hydrogen-bond acceptors (Lipinski definition) is 4. The first-order valence-corrected chi connectivity index (χ1v) is 6.62. The molecular formula is C17H18O5. The number of methoxy groups -OCH3 is 1. The average Bonchev–Trinajstić information content (AvgIpc) is 2.57. The van der Waals surface area contributed by atoms with Crippen LogP contribution in [-0.2, 0) is 9.53 Å². The van der Waals surface area contributed by atoms with E-state index in [4.69, 9.17) is 10.2 Å². The highest BCUT2D eigenvalue weighted by Gasteiger charge is 2.19. The van der Waals surface area contributed by atoms with E-state index in [1.807, 2.05) is 18.2 Å². The molecule has 1 atom stereocenters. The second kappa shape index (κ2) is 9.31. The molecule has 2 aromatic carbocycles. The summed E-state index contributed by atoms with van der Waals surface area (Å²) in [5, 5.41) is 17.4. The van der Waals surface area contributed by atoms with E-state index in [0.29, 0.717) is 5.56 Å². The molecule has 2 N–H and O–H groups in total. The summed E-state index contributed by atoms with van der Waals surface area (Å²) in [6.07, 6.45) is 0. The summed E-state index contributed by atoms with van der Waals surface area (Å²) in [7, 11) is 1.31. The van der Waals surface area contributed by atoms with E-state index in [1.54, 1.807) is 42.5 Å². The van der Waals surface area contributed by atoms with Crippen molar-refractivity contribution in [1.29, 1.82) is 0 Å². The summed E-state index contributed by atoms with van der Waals surface area (Å²) >= 11 is 0. The number of aliphatic hydroxyl groups is 1. The summed E-state index contributed by atoms with van der Waals surface area (Å²) in [6, 6.07) is 17.4. The molecule has 0 bridgehead atoms. The maximum Gasteiger partial charge on any atom is 0.335 e. The SMILES string of the molecule is COC(=O)C(CO)c1ccccc1.O=C(O)c1ccccc1. The summed E-state index contributed by atoms with van der Waals surface area (Å²) in [5.41, 5.74) is 1.11. The number of carbonyl (C=O) groups excluding carboxylic acids is 1. The van der Waals surface area contributed by atoms with Gasteiger partial charge >= 0.3 is 11.9 Å². The van der Waals surface area contributed by atoms with Crippen LogP contribution in [-0.4, -0.2) is 35.9 Å². The molecule has 0 saturated carbocycles. The highest BCUT2D eigenvalue weighted by atomic mass is 16.5. The number of rotatable bonds is 4. The predicted octanol–water partition coefficient (Wildman–Crippen LogP) is 2.32. The maximum atomic E-state index is 11.2. The van der Waals surface area contributed by atoms with E-state index in [2.05, 4.69) is 4.74 Å². The van der Waals surface area contributed by atoms with Crippen molar-refractivity contribution >= 4 is 11.9 Å². The molecule has 116 valence electrons. The zero-order chi connectivity index (χ0) is 16.4. The van der Waals surface area contributed by atoms with E-state index in [1.165, 1.54) is 7.11 Å². The average molecular weight is 302 g/mol. The molecule has 2 rings (SSSR count). The molecule has 0 amide bonds. The van der Waals surface area contributed by atoms with Crippen LogP contribution >= 0.6 is 0 Å². The van der Waals surface area contributed by atoms with Crippen molar-refractivity contribution < 1.29 is 24.5 Å². The van der Waals surface area contributed by atoms with Crippen molar-refractivity contribution in [3.63, 3.8) is 0 Å². The monoisotopic (exact) mass is 302 g/mol. The third-order valence-electron chi connectivity index (χ3n) is 2.89. The van der Waals surface area contributed by atoms with Gasteiger partial charge in [-0.25, -0.2) is 4.79 Å². The third kappa shape index (κ3) is 5.38. The largest absolute Gasteiger partial charge is 0.478 e. The fourth-order valence-corrected chi connectivity index (χ4v) is 1.72. The van der Waals surface area contributed by atoms with Crippen LogP contribution in [0.25, 0.3) is 0 Å². The van der Waals surface area contributed by atoms with Crippen LogP contribution in [0.3, 0.4) is 0 Å². The van der Waals surface area contributed by atoms with Gasteiger partial charge in [0.05, 0.1) is 19.3 Å². The maximum absolute atomic E-state index is 11.2. The van der Waals surface area contributed by atoms with Crippen LogP contribution in [0, 0.1) is 0 Å². The van der Waals surface area contributed by atoms with E-state index in [0.717, 1.165) is 5.56 Å². The van der Waals surface area contributed by atoms with Crippen LogP contribution in [0.1, 0.15) is 21.8 Å². The van der Waals surface area contributed by atoms with Crippen molar-refractivity contribution in [3.05, 3.63) is 71.8 Å². The predicted molar refractivity (Wildman–Crippen MR) is 81.7 cm³/mol. The second-order valence-corrected chi connectivity index (χ2v) is 4.34. The van der Waals surface area contributed by atoms with Gasteiger partial charge in [-0.05, 0) is 17.7 Å². The first-order valence-electron chi connectivity index (χ1n) is 6.62. The minimum atomic E-state index is -0.879. The summed E-state index contributed by atoms with van der Waals surface area (Å²) < 4.78 is 4.56. The van der Waals surface area contributed by atoms with Gasteiger partial charge < -0.3 is 14.9 Å². The first-order chi connectivity index (χ1) is 10.6. The smallest absolute Gasteiger partial charge is 0.335 e. The Morgan fingerprint density at radius 3 is 1.86 bits per heavy atom. The molecule has 5 nitrogen and oxygen atoms in total. The van der Waals surface area contributed by atoms with Crippen LogP contribution in [0.5, 0.6) is 0 Å². The van der Waals surface area contributed by atoms with Gasteiger partial charge in [0.15, 0.2) is 0 Å². The van der Waals surface area contributed by atoms with Crippen LogP contribution in [0.2, 0.25) is 0 Å². The van der Waals surface area contributed by atoms with Crippen molar-refractivity contribution in [2.45, 2.75) is 5.92 Å². The Kier molecular flexibility index (Phi) is 7.36. The minimum absolute atomic E-state index is 0.226. The Morgan fingerprint density at radius 2 is 1.50 bits per heavy atom. The molecule has 2 aromatic rings. The third-order valence-corrected chi connectivity index (χ3v) is 2.89. The zero-order valence-electron chi connectivity index (χ0n) is 12.2. The van der Waals surface area contributed by atoms with E-state index < -0.39 is 17.9 Å². The lowest BCUT2D eigenvalue weighted by atomic mass is 10.0. The Hall–Kier alpha value is -2.66. The van der Waals surface area contributed by atoms with Gasteiger partial charge in [-0.1, -0.05) is 48.5 Å². The molecule has 0 saturated heterocycles. The van der Waals surface area contributed by atoms with Gasteiger partial charge in [0, 0.05) is 0 Å². The fraction of sp³-hybridized carbons (Fsp3) is 0.176. The Bertz CT molecular complexity index is 581. The number of carboxylic acid groups (broad SMARTS) is 1. The lowest BCUT2D eigenvalue weighted by molar-refractivity contribution is -0.143. The highest BCUT2D eigenvalue weighted by Crippen LogP contribution is 2.15. The normalized spacial score (nSPS) is 10.8. The number of carboxylic acids is 1. The number of ether oxygens (including phenoxy) is 1. The Balaban J connectivity index is 0.000000235. The van der Waals surface area contributed by atoms with E-state index in [9.17, 15) is 9.59 Å². The summed E-state index contributed by atoms with van der Waals surface area (Å²) in [6.45, 7) is -0.226. The molecule has 0 aliphatic rings. The molecule has 0 heterocycles. The van der Waals surface area contributed by atoms with Crippen molar-refractivity contribution in [1.82, 2.24) is 0 Å². The van der Waals surface area contributed by atoms with Gasteiger partial charge in [0.1, 0.15) is 5.92 Å². The molecule has 0 radical (unpaired) electrons. The summed E-state index contributed by atoms with van der Waals surface area (Å²) in [5.74, 6) is -1.85. The van der Waals surface area contributed by atoms with E-state index >= 15 is 0 Å². The van der Waals surface area contributed by atoms with Gasteiger partial charge in [0.25, 0.3) is 0 Å².